The summed E-state index contributed by atoms with van der Waals surface area (Å²) in [6, 6.07) is 9.77. The molecule has 1 rings (SSSR count). The van der Waals surface area contributed by atoms with Crippen LogP contribution < -0.4 is 10.1 Å². The molecule has 3 heteroatoms. The minimum atomic E-state index is -0.0329. The molecule has 0 aromatic heterocycles. The number of rotatable bonds is 7. The van der Waals surface area contributed by atoms with Crippen LogP contribution in [0, 0.1) is 0 Å². The molecule has 0 radical (unpaired) electrons. The van der Waals surface area contributed by atoms with Gasteiger partial charge in [0.15, 0.2) is 0 Å². The highest BCUT2D eigenvalue weighted by Crippen LogP contribution is 2.09. The number of hydrogen-bond donors (Lipinski definition) is 2. The molecule has 0 fully saturated rings. The molecule has 2 N–H and O–H groups in total. The van der Waals surface area contributed by atoms with E-state index in [2.05, 4.69) is 19.2 Å². The molecule has 1 aromatic rings. The molecule has 90 valence electrons. The fourth-order valence-corrected chi connectivity index (χ4v) is 1.44. The number of ether oxygens (including phenoxy) is 1. The van der Waals surface area contributed by atoms with Gasteiger partial charge in [0.25, 0.3) is 0 Å². The van der Waals surface area contributed by atoms with Crippen LogP contribution in [0.3, 0.4) is 0 Å². The summed E-state index contributed by atoms with van der Waals surface area (Å²) in [5, 5.41) is 12.2. The normalized spacial score (nSPS) is 11.4. The van der Waals surface area contributed by atoms with Crippen LogP contribution >= 0.6 is 0 Å². The maximum absolute atomic E-state index is 8.87. The third-order valence-electron chi connectivity index (χ3n) is 2.45. The lowest BCUT2D eigenvalue weighted by Gasteiger charge is -2.25. The molecular formula is C13H21NO2. The summed E-state index contributed by atoms with van der Waals surface area (Å²) in [7, 11) is 0. The Hall–Kier alpha value is -1.06. The van der Waals surface area contributed by atoms with Crippen LogP contribution in [0.15, 0.2) is 30.3 Å². The lowest BCUT2D eigenvalue weighted by atomic mass is 10.0. The van der Waals surface area contributed by atoms with Crippen LogP contribution in [-0.2, 0) is 0 Å². The van der Waals surface area contributed by atoms with Crippen LogP contribution in [0.1, 0.15) is 20.3 Å². The summed E-state index contributed by atoms with van der Waals surface area (Å²) in [5.41, 5.74) is -0.0329. The molecule has 0 saturated carbocycles. The van der Waals surface area contributed by atoms with E-state index in [1.165, 1.54) is 0 Å². The lowest BCUT2D eigenvalue weighted by Crippen LogP contribution is -2.42. The molecule has 0 atom stereocenters. The SMILES string of the molecule is CC(C)(CCO)NCCOc1ccccc1. The molecule has 0 aliphatic rings. The average molecular weight is 223 g/mol. The van der Waals surface area contributed by atoms with Gasteiger partial charge in [-0.25, -0.2) is 0 Å². The van der Waals surface area contributed by atoms with Gasteiger partial charge in [-0.05, 0) is 32.4 Å². The third-order valence-corrected chi connectivity index (χ3v) is 2.45. The van der Waals surface area contributed by atoms with E-state index >= 15 is 0 Å². The number of aliphatic hydroxyl groups excluding tert-OH is 1. The quantitative estimate of drug-likeness (QED) is 0.693. The first kappa shape index (κ1) is 13.0. The first-order valence-electron chi connectivity index (χ1n) is 5.68. The van der Waals surface area contributed by atoms with E-state index in [9.17, 15) is 0 Å². The highest BCUT2D eigenvalue weighted by Gasteiger charge is 2.15. The van der Waals surface area contributed by atoms with Crippen molar-refractivity contribution in [1.29, 1.82) is 0 Å². The van der Waals surface area contributed by atoms with Crippen molar-refractivity contribution in [2.75, 3.05) is 19.8 Å². The first-order chi connectivity index (χ1) is 7.64. The second kappa shape index (κ2) is 6.51. The van der Waals surface area contributed by atoms with Crippen LogP contribution in [0.5, 0.6) is 5.75 Å². The van der Waals surface area contributed by atoms with Gasteiger partial charge >= 0.3 is 0 Å². The highest BCUT2D eigenvalue weighted by atomic mass is 16.5. The molecule has 0 saturated heterocycles. The van der Waals surface area contributed by atoms with Gasteiger partial charge in [0, 0.05) is 18.7 Å². The van der Waals surface area contributed by atoms with Crippen molar-refractivity contribution in [3.63, 3.8) is 0 Å². The number of hydrogen-bond acceptors (Lipinski definition) is 3. The molecule has 0 heterocycles. The lowest BCUT2D eigenvalue weighted by molar-refractivity contribution is 0.219. The molecule has 0 bridgehead atoms. The highest BCUT2D eigenvalue weighted by molar-refractivity contribution is 5.20. The van der Waals surface area contributed by atoms with E-state index in [1.807, 2.05) is 30.3 Å². The maximum atomic E-state index is 8.87. The largest absolute Gasteiger partial charge is 0.492 e. The van der Waals surface area contributed by atoms with Gasteiger partial charge in [0.2, 0.25) is 0 Å². The maximum Gasteiger partial charge on any atom is 0.119 e. The topological polar surface area (TPSA) is 41.5 Å². The van der Waals surface area contributed by atoms with Gasteiger partial charge in [-0.3, -0.25) is 0 Å². The third kappa shape index (κ3) is 5.14. The van der Waals surface area contributed by atoms with Crippen molar-refractivity contribution < 1.29 is 9.84 Å². The minimum absolute atomic E-state index is 0.0329. The smallest absolute Gasteiger partial charge is 0.119 e. The molecule has 0 unspecified atom stereocenters. The van der Waals surface area contributed by atoms with Crippen molar-refractivity contribution >= 4 is 0 Å². The fraction of sp³-hybridized carbons (Fsp3) is 0.538. The summed E-state index contributed by atoms with van der Waals surface area (Å²) in [6.07, 6.45) is 0.748. The fourth-order valence-electron chi connectivity index (χ4n) is 1.44. The van der Waals surface area contributed by atoms with Gasteiger partial charge in [-0.2, -0.15) is 0 Å². The van der Waals surface area contributed by atoms with Crippen molar-refractivity contribution in [2.24, 2.45) is 0 Å². The van der Waals surface area contributed by atoms with Crippen LogP contribution in [0.2, 0.25) is 0 Å². The zero-order valence-corrected chi connectivity index (χ0v) is 10.1. The Morgan fingerprint density at radius 3 is 2.56 bits per heavy atom. The molecule has 0 spiro atoms. The van der Waals surface area contributed by atoms with Gasteiger partial charge in [-0.1, -0.05) is 18.2 Å². The van der Waals surface area contributed by atoms with Gasteiger partial charge in [0.1, 0.15) is 12.4 Å². The summed E-state index contributed by atoms with van der Waals surface area (Å²) in [6.45, 7) is 5.78. The summed E-state index contributed by atoms with van der Waals surface area (Å²) in [5.74, 6) is 0.893. The predicted molar refractivity (Wildman–Crippen MR) is 65.7 cm³/mol. The Morgan fingerprint density at radius 1 is 1.25 bits per heavy atom. The van der Waals surface area contributed by atoms with E-state index in [0.29, 0.717) is 6.61 Å². The molecular weight excluding hydrogens is 202 g/mol. The Bertz CT molecular complexity index is 285. The van der Waals surface area contributed by atoms with Crippen molar-refractivity contribution in [3.05, 3.63) is 30.3 Å². The zero-order valence-electron chi connectivity index (χ0n) is 10.1. The van der Waals surface area contributed by atoms with Crippen LogP contribution in [0.4, 0.5) is 0 Å². The van der Waals surface area contributed by atoms with Gasteiger partial charge in [-0.15, -0.1) is 0 Å². The predicted octanol–water partition coefficient (Wildman–Crippen LogP) is 1.82. The van der Waals surface area contributed by atoms with E-state index < -0.39 is 0 Å². The zero-order chi connectivity index (χ0) is 11.9. The molecule has 0 aliphatic heterocycles. The monoisotopic (exact) mass is 223 g/mol. The number of aliphatic hydroxyl groups is 1. The standard InChI is InChI=1S/C13H21NO2/c1-13(2,8-10-15)14-9-11-16-12-6-4-3-5-7-12/h3-7,14-15H,8-11H2,1-2H3. The molecule has 0 amide bonds. The van der Waals surface area contributed by atoms with E-state index in [1.54, 1.807) is 0 Å². The number of nitrogens with one attached hydrogen (secondary N) is 1. The Kier molecular flexibility index (Phi) is 5.29. The van der Waals surface area contributed by atoms with E-state index in [0.717, 1.165) is 18.7 Å². The summed E-state index contributed by atoms with van der Waals surface area (Å²) < 4.78 is 5.55. The molecule has 1 aromatic carbocycles. The summed E-state index contributed by atoms with van der Waals surface area (Å²) >= 11 is 0. The van der Waals surface area contributed by atoms with E-state index in [-0.39, 0.29) is 12.1 Å². The van der Waals surface area contributed by atoms with Crippen molar-refractivity contribution in [2.45, 2.75) is 25.8 Å². The average Bonchev–Trinajstić information content (AvgIpc) is 2.26. The van der Waals surface area contributed by atoms with Gasteiger partial charge in [0.05, 0.1) is 0 Å². The molecule has 0 aliphatic carbocycles. The second-order valence-electron chi connectivity index (χ2n) is 4.45. The van der Waals surface area contributed by atoms with E-state index in [4.69, 9.17) is 9.84 Å². The van der Waals surface area contributed by atoms with Gasteiger partial charge < -0.3 is 15.2 Å². The van der Waals surface area contributed by atoms with Crippen molar-refractivity contribution in [3.8, 4) is 5.75 Å². The Balaban J connectivity index is 2.17. The Labute approximate surface area is 97.4 Å². The Morgan fingerprint density at radius 2 is 1.94 bits per heavy atom. The summed E-state index contributed by atoms with van der Waals surface area (Å²) in [4.78, 5) is 0. The molecule has 3 nitrogen and oxygen atoms in total. The minimum Gasteiger partial charge on any atom is -0.492 e. The first-order valence-corrected chi connectivity index (χ1v) is 5.68. The molecule has 16 heavy (non-hydrogen) atoms. The van der Waals surface area contributed by atoms with Crippen LogP contribution in [0.25, 0.3) is 0 Å². The second-order valence-corrected chi connectivity index (χ2v) is 4.45. The van der Waals surface area contributed by atoms with Crippen molar-refractivity contribution in [1.82, 2.24) is 5.32 Å². The van der Waals surface area contributed by atoms with Crippen LogP contribution in [-0.4, -0.2) is 30.4 Å². The number of benzene rings is 1. The number of para-hydroxylation sites is 1.